The molecule has 0 atom stereocenters. The summed E-state index contributed by atoms with van der Waals surface area (Å²) in [6.07, 6.45) is 17.8. The molecule has 0 aliphatic heterocycles. The van der Waals surface area contributed by atoms with E-state index in [9.17, 15) is 0 Å². The average molecular weight is 710 g/mol. The van der Waals surface area contributed by atoms with Crippen LogP contribution in [0.5, 0.6) is 0 Å². The van der Waals surface area contributed by atoms with Crippen LogP contribution in [0.3, 0.4) is 0 Å². The predicted octanol–water partition coefficient (Wildman–Crippen LogP) is 8.78. The van der Waals surface area contributed by atoms with Crippen molar-refractivity contribution in [1.29, 1.82) is 0 Å². The molecule has 5 heteroatoms. The van der Waals surface area contributed by atoms with Crippen molar-refractivity contribution in [2.24, 2.45) is 0 Å². The number of rotatable bonds is 0. The minimum absolute atomic E-state index is 0. The summed E-state index contributed by atoms with van der Waals surface area (Å²) in [7, 11) is -1.02. The van der Waals surface area contributed by atoms with Gasteiger partial charge in [0.15, 0.2) is 0 Å². The Bertz CT molecular complexity index is 622. The Hall–Kier alpha value is 1.99. The van der Waals surface area contributed by atoms with Gasteiger partial charge in [-0.25, -0.2) is 0 Å². The maximum atomic E-state index is 2.72. The Morgan fingerprint density at radius 3 is 1.16 bits per heavy atom. The van der Waals surface area contributed by atoms with E-state index in [-0.39, 0.29) is 17.1 Å². The van der Waals surface area contributed by atoms with Gasteiger partial charge in [0.1, 0.15) is 0 Å². The maximum absolute atomic E-state index is 2.72. The summed E-state index contributed by atoms with van der Waals surface area (Å²) in [5.74, 6) is 0. The molecule has 0 aromatic rings. The molecule has 1 fully saturated rings. The molecule has 0 saturated heterocycles. The van der Waals surface area contributed by atoms with Gasteiger partial charge in [-0.2, -0.15) is 7.55 Å². The van der Waals surface area contributed by atoms with Gasteiger partial charge in [-0.3, -0.25) is 0 Å². The molecule has 0 aromatic carbocycles. The Morgan fingerprint density at radius 2 is 0.903 bits per heavy atom. The van der Waals surface area contributed by atoms with Crippen LogP contribution < -0.4 is 0 Å². The molecule has 0 N–H and O–H groups in total. The summed E-state index contributed by atoms with van der Waals surface area (Å²) in [4.78, 5) is 0. The molecular weight excluding hydrogens is 663 g/mol. The third kappa shape index (κ3) is 12.5. The molecule has 0 spiro atoms. The molecule has 0 radical (unpaired) electrons. The van der Waals surface area contributed by atoms with Crippen LogP contribution in [0.1, 0.15) is 83.1 Å². The van der Waals surface area contributed by atoms with Crippen LogP contribution in [0.4, 0.5) is 0 Å². The average Bonchev–Trinajstić information content (AvgIpc) is 3.18. The van der Waals surface area contributed by atoms with E-state index < -0.39 is 15.1 Å². The van der Waals surface area contributed by atoms with Gasteiger partial charge in [-0.05, 0) is 25.9 Å². The minimum atomic E-state index is -0.510. The van der Waals surface area contributed by atoms with Crippen molar-refractivity contribution in [1.82, 2.24) is 0 Å². The van der Waals surface area contributed by atoms with Gasteiger partial charge in [0.05, 0.1) is 0 Å². The zero-order valence-electron chi connectivity index (χ0n) is 21.7. The fraction of sp³-hybridized carbons (Fsp3) is 0.615. The van der Waals surface area contributed by atoms with E-state index >= 15 is 0 Å². The molecule has 188 valence electrons. The summed E-state index contributed by atoms with van der Waals surface area (Å²) >= 11 is 4.72. The van der Waals surface area contributed by atoms with Gasteiger partial charge in [-0.1, -0.05) is 115 Å². The summed E-state index contributed by atoms with van der Waals surface area (Å²) in [5, 5.41) is 4.87. The molecule has 0 bridgehead atoms. The van der Waals surface area contributed by atoms with E-state index in [1.807, 2.05) is 19.5 Å². The van der Waals surface area contributed by atoms with Crippen LogP contribution in [0, 0.1) is 25.7 Å². The van der Waals surface area contributed by atoms with Crippen LogP contribution >= 0.6 is 34.6 Å². The van der Waals surface area contributed by atoms with Gasteiger partial charge >= 0.3 is 35.1 Å². The first-order valence-corrected chi connectivity index (χ1v) is 18.4. The Labute approximate surface area is 229 Å². The van der Waals surface area contributed by atoms with Crippen LogP contribution in [-0.2, 0) is 32.7 Å². The second kappa shape index (κ2) is 14.5. The first-order valence-electron chi connectivity index (χ1n) is 10.8. The quantitative estimate of drug-likeness (QED) is 0.102. The molecule has 0 aromatic heterocycles. The number of allylic oxidation sites excluding steroid dienone is 4. The first kappa shape index (κ1) is 35.2. The van der Waals surface area contributed by atoms with Crippen molar-refractivity contribution < 1.29 is 32.7 Å². The Balaban J connectivity index is 0. The van der Waals surface area contributed by atoms with Gasteiger partial charge in [0.2, 0.25) is 0 Å². The topological polar surface area (TPSA) is 0 Å². The van der Waals surface area contributed by atoms with Crippen LogP contribution in [0.25, 0.3) is 0 Å². The van der Waals surface area contributed by atoms with Gasteiger partial charge < -0.3 is 31.0 Å². The number of hydrogen-bond donors (Lipinski definition) is 0. The monoisotopic (exact) mass is 709 g/mol. The molecule has 0 amide bonds. The second-order valence-electron chi connectivity index (χ2n) is 12.1. The van der Waals surface area contributed by atoms with E-state index in [0.29, 0.717) is 20.6 Å². The van der Waals surface area contributed by atoms with Gasteiger partial charge in [-0.15, -0.1) is 0 Å². The van der Waals surface area contributed by atoms with Crippen molar-refractivity contribution in [3.05, 3.63) is 50.0 Å². The molecular formula is C26H46FeIP2Pd-3. The van der Waals surface area contributed by atoms with E-state index in [0.717, 1.165) is 0 Å². The van der Waals surface area contributed by atoms with Gasteiger partial charge in [0.25, 0.3) is 0 Å². The zero-order chi connectivity index (χ0) is 24.0. The summed E-state index contributed by atoms with van der Waals surface area (Å²) in [6.45, 7) is 28.5. The van der Waals surface area contributed by atoms with Crippen molar-refractivity contribution in [2.45, 2.75) is 104 Å². The summed E-state index contributed by atoms with van der Waals surface area (Å²) in [6, 6.07) is 0. The van der Waals surface area contributed by atoms with Crippen molar-refractivity contribution in [3.63, 3.8) is 0 Å². The fourth-order valence-electron chi connectivity index (χ4n) is 5.06. The van der Waals surface area contributed by atoms with E-state index in [4.69, 9.17) is 0 Å². The second-order valence-corrected chi connectivity index (χ2v) is 20.8. The summed E-state index contributed by atoms with van der Waals surface area (Å²) in [5.41, 5.74) is 0. The Morgan fingerprint density at radius 1 is 0.613 bits per heavy atom. The standard InChI is InChI=1S/2C13H23P.Fe.HI.Pd/c2*1-12(2,3)14(13(4,5)6)11-9-7-8-10-11;;;/h2*7-10,14H,1-6H3;;1H;/q;-4;;;+2/p-1. The van der Waals surface area contributed by atoms with E-state index in [2.05, 4.69) is 149 Å². The molecule has 31 heavy (non-hydrogen) atoms. The molecule has 0 nitrogen and oxygen atoms in total. The Kier molecular flexibility index (Phi) is 16.5. The van der Waals surface area contributed by atoms with Crippen molar-refractivity contribution in [3.8, 4) is 0 Å². The fourth-order valence-corrected chi connectivity index (χ4v) is 14.1. The molecule has 0 unspecified atom stereocenters. The van der Waals surface area contributed by atoms with Crippen molar-refractivity contribution in [2.75, 3.05) is 0 Å². The predicted molar refractivity (Wildman–Crippen MR) is 155 cm³/mol. The van der Waals surface area contributed by atoms with E-state index in [1.165, 1.54) is 0 Å². The molecule has 2 rings (SSSR count). The van der Waals surface area contributed by atoms with Gasteiger partial charge in [0, 0.05) is 17.1 Å². The van der Waals surface area contributed by atoms with Crippen LogP contribution in [0.15, 0.2) is 24.3 Å². The third-order valence-electron chi connectivity index (χ3n) is 4.90. The molecule has 0 heterocycles. The first-order chi connectivity index (χ1) is 13.5. The third-order valence-corrected chi connectivity index (χ3v) is 12.7. The van der Waals surface area contributed by atoms with Crippen LogP contribution in [-0.4, -0.2) is 31.2 Å². The van der Waals surface area contributed by atoms with E-state index in [1.54, 1.807) is 10.6 Å². The number of hydrogen-bond acceptors (Lipinski definition) is 0. The normalized spacial score (nSPS) is 16.8. The molecule has 2 aliphatic carbocycles. The molecule has 2 aliphatic rings. The van der Waals surface area contributed by atoms with Crippen LogP contribution in [0.2, 0.25) is 0 Å². The van der Waals surface area contributed by atoms with Crippen molar-refractivity contribution >= 4 is 45.2 Å². The number of halogens is 1. The summed E-state index contributed by atoms with van der Waals surface area (Å²) < 4.78 is 0. The molecule has 1 saturated carbocycles. The zero-order valence-corrected chi connectivity index (χ0v) is 28.5. The SMILES string of the molecule is CC(C)(C)[PH](=C1C=CC=C1)C(C)(C)C.CC(C)(C)[PH](=C1[CH-][CH-][CH-][CH-]1)C(C)(C)C.[Fe].[Pd+][I].